The van der Waals surface area contributed by atoms with Gasteiger partial charge in [-0.25, -0.2) is 0 Å². The first kappa shape index (κ1) is 15.8. The largest absolute Gasteiger partial charge is 0.302 e. The molecule has 0 aromatic heterocycles. The van der Waals surface area contributed by atoms with Crippen LogP contribution in [0.3, 0.4) is 0 Å². The zero-order chi connectivity index (χ0) is 14.8. The van der Waals surface area contributed by atoms with Gasteiger partial charge in [-0.3, -0.25) is 0 Å². The molecule has 2 aliphatic rings. The van der Waals surface area contributed by atoms with Crippen LogP contribution in [0.5, 0.6) is 0 Å². The van der Waals surface area contributed by atoms with E-state index in [1.54, 1.807) is 0 Å². The van der Waals surface area contributed by atoms with Crippen LogP contribution in [0.1, 0.15) is 44.9 Å². The summed E-state index contributed by atoms with van der Waals surface area (Å²) < 4.78 is 0. The van der Waals surface area contributed by atoms with Crippen molar-refractivity contribution in [3.05, 3.63) is 0 Å². The summed E-state index contributed by atoms with van der Waals surface area (Å²) in [5.74, 6) is 0. The molecule has 20 heavy (non-hydrogen) atoms. The number of hydrogen-bond acceptors (Lipinski definition) is 4. The first-order chi connectivity index (χ1) is 9.47. The standard InChI is InChI=1S/C16H30N4/c1-18-15(12-17)8-5-7-14(11-15)20(4)13-16(19(2)3)9-6-10-16/h14,18H,5-11,13H2,1-4H3. The molecule has 0 aromatic rings. The summed E-state index contributed by atoms with van der Waals surface area (Å²) in [7, 11) is 8.60. The smallest absolute Gasteiger partial charge is 0.108 e. The lowest BCUT2D eigenvalue weighted by Gasteiger charge is -2.51. The quantitative estimate of drug-likeness (QED) is 0.833. The van der Waals surface area contributed by atoms with E-state index in [2.05, 4.69) is 42.3 Å². The maximum atomic E-state index is 9.48. The molecule has 2 saturated carbocycles. The average Bonchev–Trinajstić information content (AvgIpc) is 2.42. The van der Waals surface area contributed by atoms with E-state index in [0.29, 0.717) is 11.6 Å². The molecule has 4 heteroatoms. The summed E-state index contributed by atoms with van der Waals surface area (Å²) in [5, 5.41) is 12.7. The monoisotopic (exact) mass is 278 g/mol. The molecule has 0 heterocycles. The molecule has 2 aliphatic carbocycles. The van der Waals surface area contributed by atoms with Gasteiger partial charge in [-0.15, -0.1) is 0 Å². The van der Waals surface area contributed by atoms with Crippen molar-refractivity contribution in [3.8, 4) is 6.07 Å². The summed E-state index contributed by atoms with van der Waals surface area (Å²) in [4.78, 5) is 4.92. The molecule has 0 radical (unpaired) electrons. The van der Waals surface area contributed by atoms with E-state index in [4.69, 9.17) is 0 Å². The first-order valence-electron chi connectivity index (χ1n) is 7.95. The van der Waals surface area contributed by atoms with Crippen molar-refractivity contribution in [2.75, 3.05) is 34.7 Å². The summed E-state index contributed by atoms with van der Waals surface area (Å²) in [6, 6.07) is 3.05. The van der Waals surface area contributed by atoms with Crippen LogP contribution < -0.4 is 5.32 Å². The van der Waals surface area contributed by atoms with Crippen LogP contribution in [0, 0.1) is 11.3 Å². The fourth-order valence-corrected chi connectivity index (χ4v) is 3.93. The third-order valence-corrected chi connectivity index (χ3v) is 5.82. The zero-order valence-electron chi connectivity index (χ0n) is 13.6. The third kappa shape index (κ3) is 2.86. The number of nitriles is 1. The Balaban J connectivity index is 1.99. The van der Waals surface area contributed by atoms with Gasteiger partial charge in [0, 0.05) is 18.1 Å². The molecule has 0 spiro atoms. The molecular weight excluding hydrogens is 248 g/mol. The highest BCUT2D eigenvalue weighted by atomic mass is 15.2. The van der Waals surface area contributed by atoms with Gasteiger partial charge in [0.05, 0.1) is 6.07 Å². The highest BCUT2D eigenvalue weighted by molar-refractivity contribution is 5.11. The van der Waals surface area contributed by atoms with Crippen molar-refractivity contribution >= 4 is 0 Å². The van der Waals surface area contributed by atoms with E-state index in [1.165, 1.54) is 25.7 Å². The maximum Gasteiger partial charge on any atom is 0.108 e. The van der Waals surface area contributed by atoms with E-state index < -0.39 is 0 Å². The van der Waals surface area contributed by atoms with Crippen LogP contribution in [0.2, 0.25) is 0 Å². The minimum atomic E-state index is -0.304. The molecule has 1 N–H and O–H groups in total. The summed E-state index contributed by atoms with van der Waals surface area (Å²) in [5.41, 5.74) is 0.0726. The normalized spacial score (nSPS) is 33.0. The second-order valence-electron chi connectivity index (χ2n) is 7.08. The predicted octanol–water partition coefficient (Wildman–Crippen LogP) is 1.83. The molecule has 0 bridgehead atoms. The Bertz CT molecular complexity index is 369. The van der Waals surface area contributed by atoms with E-state index in [-0.39, 0.29) is 5.54 Å². The lowest BCUT2D eigenvalue weighted by Crippen LogP contribution is -2.59. The van der Waals surface area contributed by atoms with Crippen molar-refractivity contribution in [1.29, 1.82) is 5.26 Å². The van der Waals surface area contributed by atoms with Crippen LogP contribution in [0.4, 0.5) is 0 Å². The SMILES string of the molecule is CNC1(C#N)CCCC(N(C)CC2(N(C)C)CCC2)C1. The molecule has 4 nitrogen and oxygen atoms in total. The molecule has 114 valence electrons. The number of rotatable bonds is 5. The Labute approximate surface area is 124 Å². The van der Waals surface area contributed by atoms with Crippen molar-refractivity contribution in [1.82, 2.24) is 15.1 Å². The number of nitrogens with one attached hydrogen (secondary N) is 1. The molecule has 2 fully saturated rings. The highest BCUT2D eigenvalue weighted by Crippen LogP contribution is 2.38. The Morgan fingerprint density at radius 1 is 1.20 bits per heavy atom. The van der Waals surface area contributed by atoms with E-state index in [0.717, 1.165) is 25.8 Å². The van der Waals surface area contributed by atoms with Gasteiger partial charge in [0.15, 0.2) is 0 Å². The zero-order valence-corrected chi connectivity index (χ0v) is 13.6. The molecule has 0 amide bonds. The van der Waals surface area contributed by atoms with Crippen LogP contribution in [0.15, 0.2) is 0 Å². The third-order valence-electron chi connectivity index (χ3n) is 5.82. The Morgan fingerprint density at radius 2 is 1.90 bits per heavy atom. The van der Waals surface area contributed by atoms with E-state index >= 15 is 0 Å². The molecule has 0 aliphatic heterocycles. The van der Waals surface area contributed by atoms with Gasteiger partial charge in [-0.05, 0) is 73.1 Å². The number of likely N-dealkylation sites (N-methyl/N-ethyl adjacent to an activating group) is 2. The van der Waals surface area contributed by atoms with Crippen LogP contribution in [-0.4, -0.2) is 61.7 Å². The van der Waals surface area contributed by atoms with Gasteiger partial charge in [0.25, 0.3) is 0 Å². The maximum absolute atomic E-state index is 9.48. The van der Waals surface area contributed by atoms with Gasteiger partial charge in [-0.1, -0.05) is 0 Å². The fourth-order valence-electron chi connectivity index (χ4n) is 3.93. The minimum absolute atomic E-state index is 0.304. The fraction of sp³-hybridized carbons (Fsp3) is 0.938. The lowest BCUT2D eigenvalue weighted by molar-refractivity contribution is 0.00679. The highest BCUT2D eigenvalue weighted by Gasteiger charge is 2.43. The predicted molar refractivity (Wildman–Crippen MR) is 82.6 cm³/mol. The molecule has 2 atom stereocenters. The van der Waals surface area contributed by atoms with Gasteiger partial charge in [0.1, 0.15) is 5.54 Å². The van der Waals surface area contributed by atoms with Crippen molar-refractivity contribution in [2.24, 2.45) is 0 Å². The number of nitrogens with zero attached hydrogens (tertiary/aromatic N) is 3. The van der Waals surface area contributed by atoms with Crippen LogP contribution in [-0.2, 0) is 0 Å². The van der Waals surface area contributed by atoms with Gasteiger partial charge in [0.2, 0.25) is 0 Å². The summed E-state index contributed by atoms with van der Waals surface area (Å²) in [6.07, 6.45) is 8.31. The van der Waals surface area contributed by atoms with Crippen LogP contribution in [0.25, 0.3) is 0 Å². The Hall–Kier alpha value is -0.630. The van der Waals surface area contributed by atoms with Gasteiger partial charge in [-0.2, -0.15) is 5.26 Å². The minimum Gasteiger partial charge on any atom is -0.302 e. The molecule has 0 saturated heterocycles. The average molecular weight is 278 g/mol. The van der Waals surface area contributed by atoms with Crippen molar-refractivity contribution in [2.45, 2.75) is 62.1 Å². The van der Waals surface area contributed by atoms with Gasteiger partial charge < -0.3 is 15.1 Å². The topological polar surface area (TPSA) is 42.3 Å². The second-order valence-corrected chi connectivity index (χ2v) is 7.08. The Kier molecular flexibility index (Phi) is 4.73. The Morgan fingerprint density at radius 3 is 2.35 bits per heavy atom. The first-order valence-corrected chi connectivity index (χ1v) is 7.95. The molecule has 2 unspecified atom stereocenters. The molecular formula is C16H30N4. The van der Waals surface area contributed by atoms with E-state index in [9.17, 15) is 5.26 Å². The van der Waals surface area contributed by atoms with Crippen LogP contribution >= 0.6 is 0 Å². The lowest BCUT2D eigenvalue weighted by atomic mass is 9.74. The molecule has 2 rings (SSSR count). The summed E-state index contributed by atoms with van der Waals surface area (Å²) in [6.45, 7) is 1.13. The van der Waals surface area contributed by atoms with Crippen molar-refractivity contribution in [3.63, 3.8) is 0 Å². The number of hydrogen-bond donors (Lipinski definition) is 1. The van der Waals surface area contributed by atoms with Crippen molar-refractivity contribution < 1.29 is 0 Å². The van der Waals surface area contributed by atoms with Gasteiger partial charge >= 0.3 is 0 Å². The summed E-state index contributed by atoms with van der Waals surface area (Å²) >= 11 is 0. The van der Waals surface area contributed by atoms with E-state index in [1.807, 2.05) is 7.05 Å². The molecule has 0 aromatic carbocycles. The second kappa shape index (κ2) is 6.01.